The van der Waals surface area contributed by atoms with Gasteiger partial charge in [-0.1, -0.05) is 0 Å². The number of likely N-dealkylation sites (tertiary alicyclic amines) is 1. The van der Waals surface area contributed by atoms with Crippen LogP contribution in [0.1, 0.15) is 25.2 Å². The van der Waals surface area contributed by atoms with Gasteiger partial charge in [0.25, 0.3) is 0 Å². The van der Waals surface area contributed by atoms with Crippen molar-refractivity contribution in [3.05, 3.63) is 18.2 Å². The minimum Gasteiger partial charge on any atom is -0.319 e. The lowest BCUT2D eigenvalue weighted by Gasteiger charge is -2.31. The molecule has 2 rings (SSSR count). The van der Waals surface area contributed by atoms with Crippen LogP contribution in [0.15, 0.2) is 12.4 Å². The molecule has 0 radical (unpaired) electrons. The molecule has 18 heavy (non-hydrogen) atoms. The van der Waals surface area contributed by atoms with E-state index in [2.05, 4.69) is 15.2 Å². The number of aromatic nitrogens is 2. The predicted molar refractivity (Wildman–Crippen MR) is 65.4 cm³/mol. The Morgan fingerprint density at radius 2 is 2.17 bits per heavy atom. The van der Waals surface area contributed by atoms with Gasteiger partial charge >= 0.3 is 6.55 Å². The molecule has 1 aromatic rings. The van der Waals surface area contributed by atoms with Gasteiger partial charge in [-0.05, 0) is 45.4 Å². The summed E-state index contributed by atoms with van der Waals surface area (Å²) in [5, 5.41) is 3.19. The molecule has 102 valence electrons. The van der Waals surface area contributed by atoms with Crippen molar-refractivity contribution in [1.82, 2.24) is 19.8 Å². The molecule has 1 aliphatic rings. The maximum atomic E-state index is 12.7. The molecule has 0 amide bonds. The molecule has 1 saturated heterocycles. The Morgan fingerprint density at radius 3 is 2.78 bits per heavy atom. The lowest BCUT2D eigenvalue weighted by molar-refractivity contribution is 0.0623. The molecule has 0 aromatic carbocycles. The molecule has 0 bridgehead atoms. The van der Waals surface area contributed by atoms with Crippen LogP contribution in [0.3, 0.4) is 0 Å². The molecular formula is C12H20F2N4. The van der Waals surface area contributed by atoms with E-state index in [1.165, 1.54) is 12.4 Å². The van der Waals surface area contributed by atoms with Gasteiger partial charge in [-0.3, -0.25) is 9.47 Å². The van der Waals surface area contributed by atoms with Gasteiger partial charge in [0.15, 0.2) is 0 Å². The number of hydrogen-bond acceptors (Lipinski definition) is 3. The summed E-state index contributed by atoms with van der Waals surface area (Å²) in [7, 11) is 1.96. The van der Waals surface area contributed by atoms with E-state index < -0.39 is 6.55 Å². The summed E-state index contributed by atoms with van der Waals surface area (Å²) in [5.41, 5.74) is 0. The average Bonchev–Trinajstić information content (AvgIpc) is 2.80. The van der Waals surface area contributed by atoms with Gasteiger partial charge in [-0.25, -0.2) is 4.98 Å². The molecule has 1 N–H and O–H groups in total. The van der Waals surface area contributed by atoms with Crippen molar-refractivity contribution < 1.29 is 8.78 Å². The third-order valence-corrected chi connectivity index (χ3v) is 3.52. The summed E-state index contributed by atoms with van der Waals surface area (Å²) in [6, 6.07) is 0. The van der Waals surface area contributed by atoms with Crippen LogP contribution in [-0.4, -0.2) is 41.1 Å². The summed E-state index contributed by atoms with van der Waals surface area (Å²) in [6.07, 6.45) is 5.02. The van der Waals surface area contributed by atoms with Crippen molar-refractivity contribution in [2.45, 2.75) is 25.9 Å². The Bertz CT molecular complexity index is 359. The Balaban J connectivity index is 1.86. The first kappa shape index (κ1) is 13.4. The van der Waals surface area contributed by atoms with Crippen LogP contribution in [-0.2, 0) is 6.54 Å². The van der Waals surface area contributed by atoms with Gasteiger partial charge in [0, 0.05) is 12.4 Å². The summed E-state index contributed by atoms with van der Waals surface area (Å²) < 4.78 is 26.3. The predicted octanol–water partition coefficient (Wildman–Crippen LogP) is 1.71. The van der Waals surface area contributed by atoms with Crippen LogP contribution < -0.4 is 5.32 Å². The van der Waals surface area contributed by atoms with E-state index in [-0.39, 0.29) is 0 Å². The zero-order valence-electron chi connectivity index (χ0n) is 10.6. The molecule has 1 aliphatic heterocycles. The van der Waals surface area contributed by atoms with Crippen LogP contribution in [0.5, 0.6) is 0 Å². The van der Waals surface area contributed by atoms with Gasteiger partial charge in [0.1, 0.15) is 5.82 Å². The summed E-state index contributed by atoms with van der Waals surface area (Å²) in [5.74, 6) is 1.16. The molecule has 1 aromatic heterocycles. The number of nitrogens with zero attached hydrogens (tertiary/aromatic N) is 3. The normalized spacial score (nSPS) is 18.7. The molecule has 0 spiro atoms. The van der Waals surface area contributed by atoms with Gasteiger partial charge in [-0.15, -0.1) is 0 Å². The fraction of sp³-hybridized carbons (Fsp3) is 0.750. The van der Waals surface area contributed by atoms with E-state index in [1.54, 1.807) is 0 Å². The molecule has 0 saturated carbocycles. The second kappa shape index (κ2) is 6.24. The Labute approximate surface area is 106 Å². The van der Waals surface area contributed by atoms with Crippen molar-refractivity contribution in [3.63, 3.8) is 0 Å². The maximum Gasteiger partial charge on any atom is 0.319 e. The maximum absolute atomic E-state index is 12.7. The van der Waals surface area contributed by atoms with Crippen LogP contribution in [0.2, 0.25) is 0 Å². The minimum absolute atomic E-state index is 0.456. The van der Waals surface area contributed by atoms with Crippen molar-refractivity contribution in [2.75, 3.05) is 26.7 Å². The number of nitrogens with one attached hydrogen (secondary N) is 1. The van der Waals surface area contributed by atoms with E-state index in [1.807, 2.05) is 7.05 Å². The fourth-order valence-electron chi connectivity index (χ4n) is 2.48. The first-order chi connectivity index (χ1) is 8.70. The van der Waals surface area contributed by atoms with E-state index >= 15 is 0 Å². The SMILES string of the molecule is CNCC1CCN(Cc2nccn2C(F)F)CC1. The lowest BCUT2D eigenvalue weighted by atomic mass is 9.97. The molecule has 0 atom stereocenters. The molecule has 6 heteroatoms. The smallest absolute Gasteiger partial charge is 0.319 e. The van der Waals surface area contributed by atoms with E-state index in [4.69, 9.17) is 0 Å². The summed E-state index contributed by atoms with van der Waals surface area (Å²) in [4.78, 5) is 6.22. The Kier molecular flexibility index (Phi) is 4.66. The second-order valence-corrected chi connectivity index (χ2v) is 4.81. The number of piperidine rings is 1. The van der Waals surface area contributed by atoms with Crippen LogP contribution in [0.4, 0.5) is 8.78 Å². The zero-order chi connectivity index (χ0) is 13.0. The standard InChI is InChI=1S/C12H20F2N4/c1-15-8-10-2-5-17(6-3-10)9-11-16-4-7-18(11)12(13)14/h4,7,10,12,15H,2-3,5-6,8-9H2,1H3. The Hall–Kier alpha value is -1.01. The second-order valence-electron chi connectivity index (χ2n) is 4.81. The summed E-state index contributed by atoms with van der Waals surface area (Å²) in [6.45, 7) is 0.984. The van der Waals surface area contributed by atoms with Crippen LogP contribution >= 0.6 is 0 Å². The minimum atomic E-state index is -2.50. The summed E-state index contributed by atoms with van der Waals surface area (Å²) >= 11 is 0. The number of hydrogen-bond donors (Lipinski definition) is 1. The van der Waals surface area contributed by atoms with Gasteiger partial charge in [0.2, 0.25) is 0 Å². The average molecular weight is 258 g/mol. The highest BCUT2D eigenvalue weighted by molar-refractivity contribution is 4.93. The Morgan fingerprint density at radius 1 is 1.44 bits per heavy atom. The van der Waals surface area contributed by atoms with Crippen molar-refractivity contribution in [3.8, 4) is 0 Å². The molecular weight excluding hydrogens is 238 g/mol. The van der Waals surface area contributed by atoms with Gasteiger partial charge in [0.05, 0.1) is 6.54 Å². The first-order valence-corrected chi connectivity index (χ1v) is 6.37. The largest absolute Gasteiger partial charge is 0.319 e. The number of alkyl halides is 2. The highest BCUT2D eigenvalue weighted by Gasteiger charge is 2.21. The number of halogens is 2. The third kappa shape index (κ3) is 3.26. The number of rotatable bonds is 5. The topological polar surface area (TPSA) is 33.1 Å². The van der Waals surface area contributed by atoms with Crippen molar-refractivity contribution in [2.24, 2.45) is 5.92 Å². The highest BCUT2D eigenvalue weighted by Crippen LogP contribution is 2.19. The third-order valence-electron chi connectivity index (χ3n) is 3.52. The van der Waals surface area contributed by atoms with Crippen molar-refractivity contribution in [1.29, 1.82) is 0 Å². The fourth-order valence-corrected chi connectivity index (χ4v) is 2.48. The zero-order valence-corrected chi connectivity index (χ0v) is 10.6. The molecule has 0 aliphatic carbocycles. The highest BCUT2D eigenvalue weighted by atomic mass is 19.3. The molecule has 2 heterocycles. The monoisotopic (exact) mass is 258 g/mol. The number of imidazole rings is 1. The lowest BCUT2D eigenvalue weighted by Crippen LogP contribution is -2.36. The molecule has 0 unspecified atom stereocenters. The van der Waals surface area contributed by atoms with Gasteiger partial charge in [-0.2, -0.15) is 8.78 Å². The van der Waals surface area contributed by atoms with Crippen LogP contribution in [0, 0.1) is 5.92 Å². The van der Waals surface area contributed by atoms with E-state index in [0.29, 0.717) is 18.3 Å². The van der Waals surface area contributed by atoms with Crippen LogP contribution in [0.25, 0.3) is 0 Å². The van der Waals surface area contributed by atoms with Crippen molar-refractivity contribution >= 4 is 0 Å². The molecule has 1 fully saturated rings. The quantitative estimate of drug-likeness (QED) is 0.873. The van der Waals surface area contributed by atoms with E-state index in [9.17, 15) is 8.78 Å². The van der Waals surface area contributed by atoms with E-state index in [0.717, 1.165) is 37.0 Å². The first-order valence-electron chi connectivity index (χ1n) is 6.37. The molecule has 4 nitrogen and oxygen atoms in total. The van der Waals surface area contributed by atoms with Gasteiger partial charge < -0.3 is 5.32 Å².